The molecule has 0 atom stereocenters. The molecule has 2 N–H and O–H groups in total. The molecule has 0 radical (unpaired) electrons. The van der Waals surface area contributed by atoms with Crippen LogP contribution in [-0.4, -0.2) is 11.8 Å². The standard InChI is InChI=1S/C16H18N2O2/c1-2-3-4-8-15(19)17-13-6-5-7-14(11-13)18-16(20)12-9-10-12/h2-8,11-12H,9-10H2,1H3,(H,17,19)(H,18,20). The van der Waals surface area contributed by atoms with Crippen molar-refractivity contribution in [3.05, 3.63) is 48.6 Å². The van der Waals surface area contributed by atoms with Crippen molar-refractivity contribution in [2.24, 2.45) is 5.92 Å². The first-order valence-electron chi connectivity index (χ1n) is 6.70. The van der Waals surface area contributed by atoms with Gasteiger partial charge < -0.3 is 10.6 Å². The number of anilines is 2. The number of allylic oxidation sites excluding steroid dienone is 3. The summed E-state index contributed by atoms with van der Waals surface area (Å²) in [5, 5.41) is 5.60. The molecule has 2 rings (SSSR count). The minimum Gasteiger partial charge on any atom is -0.326 e. The molecule has 0 aromatic heterocycles. The maximum atomic E-state index is 11.7. The molecule has 4 heteroatoms. The second-order valence-electron chi connectivity index (χ2n) is 4.72. The molecule has 4 nitrogen and oxygen atoms in total. The minimum absolute atomic E-state index is 0.0569. The van der Waals surface area contributed by atoms with Gasteiger partial charge in [0.1, 0.15) is 0 Å². The Balaban J connectivity index is 1.94. The lowest BCUT2D eigenvalue weighted by Crippen LogP contribution is -2.14. The molecule has 104 valence electrons. The van der Waals surface area contributed by atoms with E-state index in [1.165, 1.54) is 6.08 Å². The van der Waals surface area contributed by atoms with Crippen LogP contribution in [0.4, 0.5) is 11.4 Å². The fourth-order valence-electron chi connectivity index (χ4n) is 1.70. The van der Waals surface area contributed by atoms with E-state index in [4.69, 9.17) is 0 Å². The van der Waals surface area contributed by atoms with Crippen molar-refractivity contribution in [1.82, 2.24) is 0 Å². The molecule has 1 aliphatic rings. The van der Waals surface area contributed by atoms with Crippen LogP contribution in [0.1, 0.15) is 19.8 Å². The van der Waals surface area contributed by atoms with Crippen LogP contribution in [0.5, 0.6) is 0 Å². The summed E-state index contributed by atoms with van der Waals surface area (Å²) < 4.78 is 0. The maximum Gasteiger partial charge on any atom is 0.248 e. The van der Waals surface area contributed by atoms with Gasteiger partial charge >= 0.3 is 0 Å². The van der Waals surface area contributed by atoms with Crippen molar-refractivity contribution in [1.29, 1.82) is 0 Å². The molecule has 1 aromatic carbocycles. The predicted octanol–water partition coefficient (Wildman–Crippen LogP) is 3.11. The highest BCUT2D eigenvalue weighted by Crippen LogP contribution is 2.30. The number of amides is 2. The molecule has 0 unspecified atom stereocenters. The molecule has 0 aliphatic heterocycles. The number of nitrogens with one attached hydrogen (secondary N) is 2. The summed E-state index contributed by atoms with van der Waals surface area (Å²) in [7, 11) is 0. The van der Waals surface area contributed by atoms with Crippen LogP contribution in [0.3, 0.4) is 0 Å². The number of rotatable bonds is 5. The van der Waals surface area contributed by atoms with Crippen LogP contribution in [0.15, 0.2) is 48.6 Å². The highest BCUT2D eigenvalue weighted by atomic mass is 16.2. The molecule has 1 aromatic rings. The Morgan fingerprint density at radius 1 is 1.15 bits per heavy atom. The molecule has 0 saturated heterocycles. The van der Waals surface area contributed by atoms with Crippen LogP contribution in [0.25, 0.3) is 0 Å². The average molecular weight is 270 g/mol. The number of benzene rings is 1. The monoisotopic (exact) mass is 270 g/mol. The van der Waals surface area contributed by atoms with Crippen LogP contribution in [0, 0.1) is 5.92 Å². The lowest BCUT2D eigenvalue weighted by molar-refractivity contribution is -0.117. The lowest BCUT2D eigenvalue weighted by Gasteiger charge is -2.07. The van der Waals surface area contributed by atoms with Crippen molar-refractivity contribution in [2.75, 3.05) is 10.6 Å². The SMILES string of the molecule is CC=CC=CC(=O)Nc1cccc(NC(=O)C2CC2)c1. The second kappa shape index (κ2) is 6.70. The van der Waals surface area contributed by atoms with Gasteiger partial charge in [-0.25, -0.2) is 0 Å². The third-order valence-electron chi connectivity index (χ3n) is 2.90. The molecule has 1 aliphatic carbocycles. The Labute approximate surface area is 118 Å². The first kappa shape index (κ1) is 14.1. The molecular weight excluding hydrogens is 252 g/mol. The minimum atomic E-state index is -0.200. The summed E-state index contributed by atoms with van der Waals surface area (Å²) in [4.78, 5) is 23.3. The molecule has 0 heterocycles. The normalized spacial score (nSPS) is 14.7. The van der Waals surface area contributed by atoms with E-state index in [9.17, 15) is 9.59 Å². The van der Waals surface area contributed by atoms with Gasteiger partial charge in [0.2, 0.25) is 11.8 Å². The van der Waals surface area contributed by atoms with Crippen LogP contribution >= 0.6 is 0 Å². The molecule has 2 amide bonds. The Kier molecular flexibility index (Phi) is 4.71. The first-order valence-corrected chi connectivity index (χ1v) is 6.70. The zero-order chi connectivity index (χ0) is 14.4. The smallest absolute Gasteiger partial charge is 0.248 e. The van der Waals surface area contributed by atoms with E-state index in [1.54, 1.807) is 30.4 Å². The van der Waals surface area contributed by atoms with E-state index in [-0.39, 0.29) is 17.7 Å². The van der Waals surface area contributed by atoms with Gasteiger partial charge in [-0.2, -0.15) is 0 Å². The lowest BCUT2D eigenvalue weighted by atomic mass is 10.2. The van der Waals surface area contributed by atoms with Gasteiger partial charge in [-0.15, -0.1) is 0 Å². The molecule has 20 heavy (non-hydrogen) atoms. The summed E-state index contributed by atoms with van der Waals surface area (Å²) >= 11 is 0. The van der Waals surface area contributed by atoms with Crippen LogP contribution in [-0.2, 0) is 9.59 Å². The summed E-state index contributed by atoms with van der Waals surface area (Å²) in [5.74, 6) is 0.0206. The summed E-state index contributed by atoms with van der Waals surface area (Å²) in [5.41, 5.74) is 1.37. The van der Waals surface area contributed by atoms with E-state index in [1.807, 2.05) is 19.1 Å². The van der Waals surface area contributed by atoms with Gasteiger partial charge in [-0.3, -0.25) is 9.59 Å². The zero-order valence-corrected chi connectivity index (χ0v) is 11.4. The van der Waals surface area contributed by atoms with Crippen molar-refractivity contribution in [2.45, 2.75) is 19.8 Å². The highest BCUT2D eigenvalue weighted by Gasteiger charge is 2.29. The van der Waals surface area contributed by atoms with Crippen LogP contribution < -0.4 is 10.6 Å². The first-order chi connectivity index (χ1) is 9.69. The van der Waals surface area contributed by atoms with Crippen molar-refractivity contribution < 1.29 is 9.59 Å². The predicted molar refractivity (Wildman–Crippen MR) is 80.4 cm³/mol. The van der Waals surface area contributed by atoms with E-state index >= 15 is 0 Å². The van der Waals surface area contributed by atoms with Gasteiger partial charge in [-0.05, 0) is 38.0 Å². The third-order valence-corrected chi connectivity index (χ3v) is 2.90. The van der Waals surface area contributed by atoms with Gasteiger partial charge in [0.25, 0.3) is 0 Å². The Morgan fingerprint density at radius 3 is 2.50 bits per heavy atom. The van der Waals surface area contributed by atoms with E-state index in [0.29, 0.717) is 11.4 Å². The average Bonchev–Trinajstić information content (AvgIpc) is 3.23. The fraction of sp³-hybridized carbons (Fsp3) is 0.250. The maximum absolute atomic E-state index is 11.7. The molecule has 0 spiro atoms. The van der Waals surface area contributed by atoms with Gasteiger partial charge in [-0.1, -0.05) is 24.3 Å². The zero-order valence-electron chi connectivity index (χ0n) is 11.4. The molecule has 0 bridgehead atoms. The Hall–Kier alpha value is -2.36. The van der Waals surface area contributed by atoms with Gasteiger partial charge in [0.15, 0.2) is 0 Å². The second-order valence-corrected chi connectivity index (χ2v) is 4.72. The van der Waals surface area contributed by atoms with E-state index in [0.717, 1.165) is 12.8 Å². The summed E-state index contributed by atoms with van der Waals surface area (Å²) in [6.07, 6.45) is 8.70. The van der Waals surface area contributed by atoms with E-state index < -0.39 is 0 Å². The van der Waals surface area contributed by atoms with Gasteiger partial charge in [0, 0.05) is 23.4 Å². The molecule has 1 saturated carbocycles. The topological polar surface area (TPSA) is 58.2 Å². The Morgan fingerprint density at radius 2 is 1.85 bits per heavy atom. The number of carbonyl (C=O) groups is 2. The van der Waals surface area contributed by atoms with Gasteiger partial charge in [0.05, 0.1) is 0 Å². The quantitative estimate of drug-likeness (QED) is 0.638. The largest absolute Gasteiger partial charge is 0.326 e. The molecule has 1 fully saturated rings. The third kappa shape index (κ3) is 4.39. The number of hydrogen-bond donors (Lipinski definition) is 2. The number of carbonyl (C=O) groups excluding carboxylic acids is 2. The van der Waals surface area contributed by atoms with Crippen molar-refractivity contribution in [3.8, 4) is 0 Å². The number of hydrogen-bond acceptors (Lipinski definition) is 2. The summed E-state index contributed by atoms with van der Waals surface area (Å²) in [6.45, 7) is 1.88. The van der Waals surface area contributed by atoms with Crippen molar-refractivity contribution in [3.63, 3.8) is 0 Å². The fourth-order valence-corrected chi connectivity index (χ4v) is 1.70. The van der Waals surface area contributed by atoms with Crippen molar-refractivity contribution >= 4 is 23.2 Å². The highest BCUT2D eigenvalue weighted by molar-refractivity contribution is 6.00. The Bertz CT molecular complexity index is 557. The summed E-state index contributed by atoms with van der Waals surface area (Å²) in [6, 6.07) is 7.15. The molecular formula is C16H18N2O2. The van der Waals surface area contributed by atoms with Crippen LogP contribution in [0.2, 0.25) is 0 Å². The van der Waals surface area contributed by atoms with E-state index in [2.05, 4.69) is 10.6 Å².